The maximum absolute atomic E-state index is 14.0. The summed E-state index contributed by atoms with van der Waals surface area (Å²) in [7, 11) is 1.80. The topological polar surface area (TPSA) is 77.3 Å². The van der Waals surface area contributed by atoms with Gasteiger partial charge in [0.1, 0.15) is 5.56 Å². The molecule has 2 aliphatic heterocycles. The highest BCUT2D eigenvalue weighted by atomic mass is 19.4. The van der Waals surface area contributed by atoms with E-state index in [-0.39, 0.29) is 23.7 Å². The molecule has 36 heavy (non-hydrogen) atoms. The minimum Gasteiger partial charge on any atom is -0.376 e. The summed E-state index contributed by atoms with van der Waals surface area (Å²) < 4.78 is 55.0. The van der Waals surface area contributed by atoms with Gasteiger partial charge in [0, 0.05) is 49.9 Å². The number of nitrogens with one attached hydrogen (secondary N) is 1. The van der Waals surface area contributed by atoms with E-state index in [1.807, 2.05) is 6.20 Å². The molecule has 11 heteroatoms. The van der Waals surface area contributed by atoms with Gasteiger partial charge in [0.2, 0.25) is 0 Å². The number of hydrogen-bond acceptors (Lipinski definition) is 7. The average Bonchev–Trinajstić information content (AvgIpc) is 3.50. The Balaban J connectivity index is 1.15. The highest BCUT2D eigenvalue weighted by molar-refractivity contribution is 5.83. The standard InChI is InChI=1S/C25H29F3N6O2/c1-33-10-18-6-15(2-3-22(18)32-33)23-9-21(25(26,27)28)24(31-30-23)29-19-7-16-11-34(12-17(16)8-19)13-20-14-35-4-5-36-20/h2-3,6,9-10,16-17,19-20H,4-5,7-8,11-14H2,1H3,(H,29,31)/t16-,17+,19+,20-/m1/s1. The van der Waals surface area contributed by atoms with Crippen LogP contribution in [-0.4, -0.2) is 76.5 Å². The minimum absolute atomic E-state index is 0.0515. The molecule has 3 aromatic rings. The van der Waals surface area contributed by atoms with Crippen LogP contribution in [0, 0.1) is 11.8 Å². The number of nitrogens with zero attached hydrogens (tertiary/aromatic N) is 5. The molecule has 1 N–H and O–H groups in total. The third kappa shape index (κ3) is 4.79. The first-order valence-electron chi connectivity index (χ1n) is 12.4. The van der Waals surface area contributed by atoms with Crippen molar-refractivity contribution in [2.24, 2.45) is 18.9 Å². The van der Waals surface area contributed by atoms with Crippen molar-refractivity contribution in [3.05, 3.63) is 36.0 Å². The highest BCUT2D eigenvalue weighted by Gasteiger charge is 2.43. The molecule has 0 unspecified atom stereocenters. The molecule has 0 amide bonds. The lowest BCUT2D eigenvalue weighted by Gasteiger charge is -2.28. The number of likely N-dealkylation sites (tertiary alicyclic amines) is 1. The zero-order valence-electron chi connectivity index (χ0n) is 20.0. The van der Waals surface area contributed by atoms with Crippen LogP contribution < -0.4 is 5.32 Å². The van der Waals surface area contributed by atoms with Crippen LogP contribution in [0.3, 0.4) is 0 Å². The summed E-state index contributed by atoms with van der Waals surface area (Å²) in [6, 6.07) is 6.33. The fraction of sp³-hybridized carbons (Fsp3) is 0.560. The van der Waals surface area contributed by atoms with E-state index >= 15 is 0 Å². The van der Waals surface area contributed by atoms with Crippen LogP contribution >= 0.6 is 0 Å². The molecule has 0 spiro atoms. The van der Waals surface area contributed by atoms with E-state index in [2.05, 4.69) is 25.5 Å². The number of anilines is 1. The normalized spacial score (nSPS) is 27.0. The van der Waals surface area contributed by atoms with Crippen molar-refractivity contribution in [3.63, 3.8) is 0 Å². The molecule has 192 valence electrons. The van der Waals surface area contributed by atoms with Gasteiger partial charge in [0.05, 0.1) is 37.1 Å². The van der Waals surface area contributed by atoms with E-state index in [9.17, 15) is 13.2 Å². The predicted octanol–water partition coefficient (Wildman–Crippen LogP) is 3.59. The van der Waals surface area contributed by atoms with Gasteiger partial charge in [-0.3, -0.25) is 4.68 Å². The molecule has 6 rings (SSSR count). The Morgan fingerprint density at radius 2 is 1.89 bits per heavy atom. The molecule has 3 aliphatic rings. The SMILES string of the molecule is Cn1cc2cc(-c3cc(C(F)(F)F)c(N[C@H]4C[C@@H]5CN(C[C@@H]6COCCO6)C[C@@H]5C4)nn3)ccc2n1. The smallest absolute Gasteiger partial charge is 0.376 e. The number of fused-ring (bicyclic) bond motifs is 2. The van der Waals surface area contributed by atoms with Gasteiger partial charge in [-0.05, 0) is 42.9 Å². The monoisotopic (exact) mass is 502 g/mol. The molecule has 4 heterocycles. The molecule has 1 aliphatic carbocycles. The zero-order chi connectivity index (χ0) is 24.9. The predicted molar refractivity (Wildman–Crippen MR) is 127 cm³/mol. The molecule has 0 radical (unpaired) electrons. The van der Waals surface area contributed by atoms with Crippen molar-refractivity contribution in [3.8, 4) is 11.3 Å². The van der Waals surface area contributed by atoms with Crippen LogP contribution in [0.5, 0.6) is 0 Å². The third-order valence-corrected chi connectivity index (χ3v) is 7.53. The summed E-state index contributed by atoms with van der Waals surface area (Å²) in [6.07, 6.45) is -0.975. The molecule has 1 saturated carbocycles. The fourth-order valence-electron chi connectivity index (χ4n) is 5.95. The highest BCUT2D eigenvalue weighted by Crippen LogP contribution is 2.41. The van der Waals surface area contributed by atoms with Crippen molar-refractivity contribution in [2.45, 2.75) is 31.2 Å². The summed E-state index contributed by atoms with van der Waals surface area (Å²) in [5.74, 6) is 0.725. The van der Waals surface area contributed by atoms with Crippen LogP contribution in [0.4, 0.5) is 19.0 Å². The summed E-state index contributed by atoms with van der Waals surface area (Å²) in [5.41, 5.74) is 0.745. The number of ether oxygens (including phenoxy) is 2. The number of benzene rings is 1. The minimum atomic E-state index is -4.54. The molecular formula is C25H29F3N6O2. The molecule has 2 saturated heterocycles. The van der Waals surface area contributed by atoms with Crippen molar-refractivity contribution in [2.75, 3.05) is 44.8 Å². The molecule has 2 aromatic heterocycles. The van der Waals surface area contributed by atoms with Gasteiger partial charge in [-0.15, -0.1) is 10.2 Å². The van der Waals surface area contributed by atoms with Gasteiger partial charge in [0.25, 0.3) is 0 Å². The second-order valence-electron chi connectivity index (χ2n) is 10.2. The second kappa shape index (κ2) is 9.28. The molecule has 8 nitrogen and oxygen atoms in total. The Kier molecular flexibility index (Phi) is 6.09. The van der Waals surface area contributed by atoms with Crippen molar-refractivity contribution in [1.29, 1.82) is 0 Å². The lowest BCUT2D eigenvalue weighted by Crippen LogP contribution is -2.39. The molecule has 4 atom stereocenters. The largest absolute Gasteiger partial charge is 0.420 e. The Bertz CT molecular complexity index is 1230. The zero-order valence-corrected chi connectivity index (χ0v) is 20.0. The number of aryl methyl sites for hydroxylation is 1. The Morgan fingerprint density at radius 1 is 1.08 bits per heavy atom. The van der Waals surface area contributed by atoms with Crippen molar-refractivity contribution < 1.29 is 22.6 Å². The van der Waals surface area contributed by atoms with Gasteiger partial charge in [-0.2, -0.15) is 18.3 Å². The number of rotatable bonds is 5. The summed E-state index contributed by atoms with van der Waals surface area (Å²) in [5, 5.41) is 16.4. The van der Waals surface area contributed by atoms with Gasteiger partial charge in [-0.1, -0.05) is 6.07 Å². The molecular weight excluding hydrogens is 473 g/mol. The Morgan fingerprint density at radius 3 is 2.61 bits per heavy atom. The fourth-order valence-corrected chi connectivity index (χ4v) is 5.95. The lowest BCUT2D eigenvalue weighted by atomic mass is 10.0. The Hall–Kier alpha value is -2.76. The molecule has 1 aromatic carbocycles. The first-order chi connectivity index (χ1) is 17.3. The molecule has 0 bridgehead atoms. The van der Waals surface area contributed by atoms with Crippen LogP contribution in [0.25, 0.3) is 22.2 Å². The van der Waals surface area contributed by atoms with Gasteiger partial charge < -0.3 is 19.7 Å². The van der Waals surface area contributed by atoms with Crippen LogP contribution in [0.1, 0.15) is 18.4 Å². The van der Waals surface area contributed by atoms with E-state index in [1.165, 1.54) is 0 Å². The number of hydrogen-bond donors (Lipinski definition) is 1. The van der Waals surface area contributed by atoms with E-state index in [0.29, 0.717) is 37.2 Å². The van der Waals surface area contributed by atoms with Gasteiger partial charge in [0.15, 0.2) is 5.82 Å². The first kappa shape index (κ1) is 23.6. The lowest BCUT2D eigenvalue weighted by molar-refractivity contribution is -0.137. The third-order valence-electron chi connectivity index (χ3n) is 7.53. The van der Waals surface area contributed by atoms with E-state index in [0.717, 1.165) is 49.4 Å². The van der Waals surface area contributed by atoms with Crippen molar-refractivity contribution in [1.82, 2.24) is 24.9 Å². The van der Waals surface area contributed by atoms with Gasteiger partial charge >= 0.3 is 6.18 Å². The summed E-state index contributed by atoms with van der Waals surface area (Å²) in [6.45, 7) is 4.64. The van der Waals surface area contributed by atoms with Crippen LogP contribution in [0.2, 0.25) is 0 Å². The van der Waals surface area contributed by atoms with E-state index in [1.54, 1.807) is 29.9 Å². The number of aromatic nitrogens is 4. The van der Waals surface area contributed by atoms with Crippen LogP contribution in [0.15, 0.2) is 30.5 Å². The summed E-state index contributed by atoms with van der Waals surface area (Å²) >= 11 is 0. The average molecular weight is 503 g/mol. The van der Waals surface area contributed by atoms with Crippen LogP contribution in [-0.2, 0) is 22.7 Å². The Labute approximate surface area is 206 Å². The van der Waals surface area contributed by atoms with Crippen molar-refractivity contribution >= 4 is 16.7 Å². The molecule has 3 fully saturated rings. The number of alkyl halides is 3. The quantitative estimate of drug-likeness (QED) is 0.572. The number of halogens is 3. The maximum atomic E-state index is 14.0. The maximum Gasteiger partial charge on any atom is 0.420 e. The first-order valence-corrected chi connectivity index (χ1v) is 12.4. The van der Waals surface area contributed by atoms with E-state index < -0.39 is 11.7 Å². The van der Waals surface area contributed by atoms with E-state index in [4.69, 9.17) is 9.47 Å². The second-order valence-corrected chi connectivity index (χ2v) is 10.2. The van der Waals surface area contributed by atoms with Gasteiger partial charge in [-0.25, -0.2) is 0 Å². The summed E-state index contributed by atoms with van der Waals surface area (Å²) in [4.78, 5) is 2.40.